The van der Waals surface area contributed by atoms with Gasteiger partial charge in [0.05, 0.1) is 5.69 Å². The van der Waals surface area contributed by atoms with E-state index in [0.717, 1.165) is 11.3 Å². The zero-order valence-electron chi connectivity index (χ0n) is 11.4. The summed E-state index contributed by atoms with van der Waals surface area (Å²) in [5, 5.41) is 8.40. The van der Waals surface area contributed by atoms with E-state index in [0.29, 0.717) is 11.6 Å². The van der Waals surface area contributed by atoms with Gasteiger partial charge in [0.25, 0.3) is 0 Å². The molecule has 0 saturated carbocycles. The first-order valence-corrected chi connectivity index (χ1v) is 7.73. The van der Waals surface area contributed by atoms with Crippen LogP contribution in [0.5, 0.6) is 0 Å². The summed E-state index contributed by atoms with van der Waals surface area (Å²) in [5.74, 6) is 0. The highest BCUT2D eigenvalue weighted by atomic mass is 35.5. The van der Waals surface area contributed by atoms with Crippen molar-refractivity contribution in [3.8, 4) is 0 Å². The topological polar surface area (TPSA) is 43.8 Å². The first-order valence-electron chi connectivity index (χ1n) is 6.47. The van der Waals surface area contributed by atoms with Crippen LogP contribution in [0.25, 0.3) is 10.1 Å². The minimum absolute atomic E-state index is 0.0634. The molecule has 2 N–H and O–H groups in total. The zero-order valence-corrected chi connectivity index (χ0v) is 13.0. The van der Waals surface area contributed by atoms with Crippen LogP contribution >= 0.6 is 22.9 Å². The Balaban J connectivity index is 1.95. The number of hydrogen-bond acceptors (Lipinski definition) is 3. The van der Waals surface area contributed by atoms with E-state index < -0.39 is 0 Å². The lowest BCUT2D eigenvalue weighted by Crippen LogP contribution is -2.13. The number of fused-ring (bicyclic) bond motifs is 1. The van der Waals surface area contributed by atoms with Crippen LogP contribution in [0.4, 0.5) is 0 Å². The highest BCUT2D eigenvalue weighted by Gasteiger charge is 2.18. The van der Waals surface area contributed by atoms with Crippen LogP contribution in [0.3, 0.4) is 0 Å². The maximum absolute atomic E-state index is 6.40. The van der Waals surface area contributed by atoms with Crippen molar-refractivity contribution >= 4 is 33.0 Å². The lowest BCUT2D eigenvalue weighted by Gasteiger charge is -2.11. The average molecular weight is 306 g/mol. The number of nitrogens with two attached hydrogens (primary N) is 1. The number of aryl methyl sites for hydroxylation is 2. The van der Waals surface area contributed by atoms with Crippen molar-refractivity contribution in [2.45, 2.75) is 19.4 Å². The molecule has 0 bridgehead atoms. The molecule has 0 aliphatic heterocycles. The minimum Gasteiger partial charge on any atom is -0.324 e. The van der Waals surface area contributed by atoms with Gasteiger partial charge in [-0.2, -0.15) is 5.10 Å². The number of hydrogen-bond donors (Lipinski definition) is 1. The summed E-state index contributed by atoms with van der Waals surface area (Å²) >= 11 is 8.02. The van der Waals surface area contributed by atoms with Crippen LogP contribution in [-0.4, -0.2) is 9.78 Å². The number of nitrogens with zero attached hydrogens (tertiary/aromatic N) is 2. The van der Waals surface area contributed by atoms with E-state index in [1.165, 1.54) is 15.6 Å². The van der Waals surface area contributed by atoms with E-state index in [1.807, 2.05) is 20.0 Å². The third-order valence-corrected chi connectivity index (χ3v) is 5.06. The lowest BCUT2D eigenvalue weighted by atomic mass is 10.00. The molecule has 2 heterocycles. The fourth-order valence-corrected chi connectivity index (χ4v) is 3.80. The molecule has 20 heavy (non-hydrogen) atoms. The first kappa shape index (κ1) is 13.6. The average Bonchev–Trinajstić information content (AvgIpc) is 2.96. The molecule has 104 valence electrons. The third kappa shape index (κ3) is 2.24. The molecule has 0 aliphatic carbocycles. The fraction of sp³-hybridized carbons (Fsp3) is 0.267. The van der Waals surface area contributed by atoms with Crippen molar-refractivity contribution in [1.29, 1.82) is 0 Å². The number of thiophene rings is 1. The van der Waals surface area contributed by atoms with Crippen molar-refractivity contribution in [3.05, 3.63) is 51.6 Å². The van der Waals surface area contributed by atoms with Gasteiger partial charge in [0.2, 0.25) is 0 Å². The second-order valence-corrected chi connectivity index (χ2v) is 6.25. The maximum atomic E-state index is 6.40. The molecule has 0 aliphatic rings. The Morgan fingerprint density at radius 2 is 2.15 bits per heavy atom. The standard InChI is InChI=1S/C15H16ClN3S/c1-9-11(15(16)19(2)18-9)7-13(17)12-8-20-14-6-4-3-5-10(12)14/h3-6,8,13H,7,17H2,1-2H3. The van der Waals surface area contributed by atoms with Gasteiger partial charge in [-0.05, 0) is 35.7 Å². The number of halogens is 1. The van der Waals surface area contributed by atoms with E-state index in [9.17, 15) is 0 Å². The van der Waals surface area contributed by atoms with Gasteiger partial charge >= 0.3 is 0 Å². The van der Waals surface area contributed by atoms with Crippen LogP contribution in [0, 0.1) is 6.92 Å². The molecule has 5 heteroatoms. The minimum atomic E-state index is -0.0634. The Hall–Kier alpha value is -1.36. The van der Waals surface area contributed by atoms with Crippen molar-refractivity contribution in [2.75, 3.05) is 0 Å². The van der Waals surface area contributed by atoms with Crippen molar-refractivity contribution in [2.24, 2.45) is 12.8 Å². The quantitative estimate of drug-likeness (QED) is 0.799. The Labute approximate surface area is 127 Å². The van der Waals surface area contributed by atoms with Crippen LogP contribution < -0.4 is 5.73 Å². The van der Waals surface area contributed by atoms with E-state index in [2.05, 4.69) is 28.7 Å². The van der Waals surface area contributed by atoms with Gasteiger partial charge in [0.15, 0.2) is 0 Å². The molecule has 0 saturated heterocycles. The summed E-state index contributed by atoms with van der Waals surface area (Å²) in [6.45, 7) is 1.97. The normalized spacial score (nSPS) is 13.0. The monoisotopic (exact) mass is 305 g/mol. The highest BCUT2D eigenvalue weighted by molar-refractivity contribution is 7.17. The molecule has 0 radical (unpaired) electrons. The van der Waals surface area contributed by atoms with Gasteiger partial charge in [0, 0.05) is 23.4 Å². The van der Waals surface area contributed by atoms with Crippen molar-refractivity contribution in [3.63, 3.8) is 0 Å². The SMILES string of the molecule is Cc1nn(C)c(Cl)c1CC(N)c1csc2ccccc12. The molecule has 1 atom stereocenters. The number of rotatable bonds is 3. The Morgan fingerprint density at radius 1 is 1.40 bits per heavy atom. The Morgan fingerprint density at radius 3 is 2.85 bits per heavy atom. The predicted molar refractivity (Wildman–Crippen MR) is 85.4 cm³/mol. The van der Waals surface area contributed by atoms with Gasteiger partial charge in [-0.15, -0.1) is 11.3 Å². The summed E-state index contributed by atoms with van der Waals surface area (Å²) in [4.78, 5) is 0. The van der Waals surface area contributed by atoms with E-state index >= 15 is 0 Å². The molecule has 3 nitrogen and oxygen atoms in total. The van der Waals surface area contributed by atoms with Crippen molar-refractivity contribution in [1.82, 2.24) is 9.78 Å². The molecular weight excluding hydrogens is 290 g/mol. The fourth-order valence-electron chi connectivity index (χ4n) is 2.52. The smallest absolute Gasteiger partial charge is 0.130 e. The van der Waals surface area contributed by atoms with Gasteiger partial charge in [-0.1, -0.05) is 29.8 Å². The third-order valence-electron chi connectivity index (χ3n) is 3.60. The van der Waals surface area contributed by atoms with Gasteiger partial charge < -0.3 is 5.73 Å². The molecule has 3 rings (SSSR count). The van der Waals surface area contributed by atoms with Gasteiger partial charge in [-0.25, -0.2) is 0 Å². The van der Waals surface area contributed by atoms with E-state index in [-0.39, 0.29) is 6.04 Å². The Bertz CT molecular complexity index is 760. The van der Waals surface area contributed by atoms with Gasteiger partial charge in [0.1, 0.15) is 5.15 Å². The summed E-state index contributed by atoms with van der Waals surface area (Å²) < 4.78 is 2.97. The summed E-state index contributed by atoms with van der Waals surface area (Å²) in [6.07, 6.45) is 0.708. The van der Waals surface area contributed by atoms with E-state index in [4.69, 9.17) is 17.3 Å². The molecule has 1 aromatic carbocycles. The zero-order chi connectivity index (χ0) is 14.3. The second kappa shape index (κ2) is 5.20. The number of aromatic nitrogens is 2. The molecular formula is C15H16ClN3S. The summed E-state index contributed by atoms with van der Waals surface area (Å²) in [6, 6.07) is 8.28. The molecule has 0 fully saturated rings. The predicted octanol–water partition coefficient (Wildman–Crippen LogP) is 3.84. The summed E-state index contributed by atoms with van der Waals surface area (Å²) in [7, 11) is 1.85. The molecule has 0 amide bonds. The number of benzene rings is 1. The molecule has 0 spiro atoms. The van der Waals surface area contributed by atoms with Crippen molar-refractivity contribution < 1.29 is 0 Å². The maximum Gasteiger partial charge on any atom is 0.130 e. The Kier molecular flexibility index (Phi) is 3.54. The molecule has 3 aromatic rings. The highest BCUT2D eigenvalue weighted by Crippen LogP contribution is 2.32. The first-order chi connectivity index (χ1) is 9.58. The second-order valence-electron chi connectivity index (χ2n) is 4.98. The van der Waals surface area contributed by atoms with E-state index in [1.54, 1.807) is 16.0 Å². The van der Waals surface area contributed by atoms with Crippen LogP contribution in [0.1, 0.15) is 22.9 Å². The molecule has 2 aromatic heterocycles. The lowest BCUT2D eigenvalue weighted by molar-refractivity contribution is 0.726. The van der Waals surface area contributed by atoms with Crippen LogP contribution in [-0.2, 0) is 13.5 Å². The van der Waals surface area contributed by atoms with Crippen LogP contribution in [0.2, 0.25) is 5.15 Å². The largest absolute Gasteiger partial charge is 0.324 e. The summed E-state index contributed by atoms with van der Waals surface area (Å²) in [5.41, 5.74) is 9.57. The van der Waals surface area contributed by atoms with Gasteiger partial charge in [-0.3, -0.25) is 4.68 Å². The molecule has 1 unspecified atom stereocenters. The van der Waals surface area contributed by atoms with Crippen LogP contribution in [0.15, 0.2) is 29.6 Å².